The van der Waals surface area contributed by atoms with E-state index in [2.05, 4.69) is 51.7 Å². The minimum absolute atomic E-state index is 0. The number of aliphatic imine (C=N–C) groups is 1. The molecule has 0 bridgehead atoms. The van der Waals surface area contributed by atoms with Crippen LogP contribution >= 0.6 is 24.0 Å². The van der Waals surface area contributed by atoms with E-state index in [-0.39, 0.29) is 35.6 Å². The second kappa shape index (κ2) is 9.65. The van der Waals surface area contributed by atoms with Gasteiger partial charge in [0.2, 0.25) is 0 Å². The minimum atomic E-state index is 0. The summed E-state index contributed by atoms with van der Waals surface area (Å²) < 4.78 is 6.49. The Balaban J connectivity index is 0.00000225. The third-order valence-corrected chi connectivity index (χ3v) is 6.62. The first-order chi connectivity index (χ1) is 13.2. The summed E-state index contributed by atoms with van der Waals surface area (Å²) in [5, 5.41) is 7.29. The van der Waals surface area contributed by atoms with Crippen LogP contribution in [0.25, 0.3) is 0 Å². The second-order valence-corrected chi connectivity index (χ2v) is 8.43. The van der Waals surface area contributed by atoms with E-state index in [4.69, 9.17) is 4.74 Å². The fourth-order valence-corrected chi connectivity index (χ4v) is 5.04. The fourth-order valence-electron chi connectivity index (χ4n) is 5.04. The number of fused-ring (bicyclic) bond motifs is 1. The van der Waals surface area contributed by atoms with Gasteiger partial charge < -0.3 is 20.3 Å². The number of guanidine groups is 1. The molecule has 2 unspecified atom stereocenters. The van der Waals surface area contributed by atoms with Crippen molar-refractivity contribution in [3.8, 4) is 5.75 Å². The maximum Gasteiger partial charge on any atom is 0.191 e. The van der Waals surface area contributed by atoms with Crippen molar-refractivity contribution < 1.29 is 4.74 Å². The highest BCUT2D eigenvalue weighted by Crippen LogP contribution is 2.46. The Morgan fingerprint density at radius 3 is 2.79 bits per heavy atom. The predicted octanol–water partition coefficient (Wildman–Crippen LogP) is 3.95. The molecule has 6 heteroatoms. The molecular weight excluding hydrogens is 463 g/mol. The summed E-state index contributed by atoms with van der Waals surface area (Å²) in [4.78, 5) is 7.04. The maximum atomic E-state index is 6.49. The molecular formula is C22H35IN4O. The van der Waals surface area contributed by atoms with Gasteiger partial charge >= 0.3 is 0 Å². The summed E-state index contributed by atoms with van der Waals surface area (Å²) in [5.41, 5.74) is 1.27. The Bertz CT molecular complexity index is 674. The Labute approximate surface area is 186 Å². The van der Waals surface area contributed by atoms with Gasteiger partial charge in [-0.2, -0.15) is 0 Å². The lowest BCUT2D eigenvalue weighted by Crippen LogP contribution is -2.47. The van der Waals surface area contributed by atoms with Crippen LogP contribution in [0.15, 0.2) is 29.3 Å². The quantitative estimate of drug-likeness (QED) is 0.375. The van der Waals surface area contributed by atoms with E-state index in [0.717, 1.165) is 31.2 Å². The Hall–Kier alpha value is -1.02. The van der Waals surface area contributed by atoms with Gasteiger partial charge in [0.05, 0.1) is 6.04 Å². The third kappa shape index (κ3) is 4.75. The molecule has 28 heavy (non-hydrogen) atoms. The van der Waals surface area contributed by atoms with E-state index >= 15 is 0 Å². The number of likely N-dealkylation sites (tertiary alicyclic amines) is 1. The van der Waals surface area contributed by atoms with Crippen molar-refractivity contribution in [3.05, 3.63) is 29.8 Å². The van der Waals surface area contributed by atoms with Gasteiger partial charge in [0.1, 0.15) is 11.4 Å². The summed E-state index contributed by atoms with van der Waals surface area (Å²) >= 11 is 0. The molecule has 2 atom stereocenters. The van der Waals surface area contributed by atoms with E-state index < -0.39 is 0 Å². The van der Waals surface area contributed by atoms with Gasteiger partial charge in [-0.15, -0.1) is 24.0 Å². The van der Waals surface area contributed by atoms with Crippen LogP contribution in [0.4, 0.5) is 0 Å². The molecule has 0 radical (unpaired) electrons. The van der Waals surface area contributed by atoms with E-state index in [0.29, 0.717) is 5.92 Å². The predicted molar refractivity (Wildman–Crippen MR) is 126 cm³/mol. The molecule has 1 aromatic carbocycles. The van der Waals surface area contributed by atoms with Crippen LogP contribution in [0, 0.1) is 5.92 Å². The van der Waals surface area contributed by atoms with Crippen molar-refractivity contribution in [1.82, 2.24) is 15.5 Å². The van der Waals surface area contributed by atoms with Crippen LogP contribution in [0.2, 0.25) is 0 Å². The monoisotopic (exact) mass is 498 g/mol. The summed E-state index contributed by atoms with van der Waals surface area (Å²) in [6.45, 7) is 6.82. The molecule has 2 aliphatic heterocycles. The SMILES string of the molecule is CCN1CCC(CNC(=NC)NC2CC3(CCCC3)Oc3ccccc32)C1.I. The molecule has 2 heterocycles. The zero-order chi connectivity index (χ0) is 18.7. The van der Waals surface area contributed by atoms with Crippen LogP contribution in [0.3, 0.4) is 0 Å². The molecule has 3 aliphatic rings. The molecule has 1 spiro atoms. The fraction of sp³-hybridized carbons (Fsp3) is 0.682. The van der Waals surface area contributed by atoms with Gasteiger partial charge in [-0.1, -0.05) is 25.1 Å². The number of halogens is 1. The average Bonchev–Trinajstić information content (AvgIpc) is 3.34. The molecule has 4 rings (SSSR count). The Morgan fingerprint density at radius 1 is 1.29 bits per heavy atom. The second-order valence-electron chi connectivity index (χ2n) is 8.43. The summed E-state index contributed by atoms with van der Waals surface area (Å²) in [6, 6.07) is 8.76. The molecule has 0 amide bonds. The van der Waals surface area contributed by atoms with Gasteiger partial charge in [-0.05, 0) is 57.2 Å². The molecule has 1 aliphatic carbocycles. The van der Waals surface area contributed by atoms with Crippen molar-refractivity contribution in [2.24, 2.45) is 10.9 Å². The van der Waals surface area contributed by atoms with Crippen molar-refractivity contribution in [1.29, 1.82) is 0 Å². The molecule has 1 saturated carbocycles. The number of hydrogen-bond acceptors (Lipinski definition) is 3. The Kier molecular flexibility index (Phi) is 7.48. The van der Waals surface area contributed by atoms with E-state index in [1.165, 1.54) is 50.8 Å². The van der Waals surface area contributed by atoms with Gasteiger partial charge in [0.25, 0.3) is 0 Å². The molecule has 0 aromatic heterocycles. The molecule has 1 aromatic rings. The normalized spacial score (nSPS) is 26.4. The van der Waals surface area contributed by atoms with E-state index in [9.17, 15) is 0 Å². The van der Waals surface area contributed by atoms with E-state index in [1.807, 2.05) is 7.05 Å². The highest BCUT2D eigenvalue weighted by Gasteiger charge is 2.43. The van der Waals surface area contributed by atoms with Crippen LogP contribution in [-0.4, -0.2) is 49.7 Å². The van der Waals surface area contributed by atoms with E-state index in [1.54, 1.807) is 0 Å². The van der Waals surface area contributed by atoms with Gasteiger partial charge in [0.15, 0.2) is 5.96 Å². The molecule has 2 fully saturated rings. The van der Waals surface area contributed by atoms with Crippen LogP contribution in [0.1, 0.15) is 57.1 Å². The number of benzene rings is 1. The van der Waals surface area contributed by atoms with Crippen LogP contribution in [-0.2, 0) is 0 Å². The highest BCUT2D eigenvalue weighted by atomic mass is 127. The third-order valence-electron chi connectivity index (χ3n) is 6.62. The van der Waals surface area contributed by atoms with Crippen molar-refractivity contribution in [2.45, 2.75) is 57.1 Å². The topological polar surface area (TPSA) is 48.9 Å². The summed E-state index contributed by atoms with van der Waals surface area (Å²) in [6.07, 6.45) is 7.19. The molecule has 5 nitrogen and oxygen atoms in total. The number of nitrogens with zero attached hydrogens (tertiary/aromatic N) is 2. The first-order valence-corrected chi connectivity index (χ1v) is 10.7. The highest BCUT2D eigenvalue weighted by molar-refractivity contribution is 14.0. The maximum absolute atomic E-state index is 6.49. The first-order valence-electron chi connectivity index (χ1n) is 10.7. The van der Waals surface area contributed by atoms with Gasteiger partial charge in [-0.25, -0.2) is 0 Å². The molecule has 156 valence electrons. The average molecular weight is 498 g/mol. The number of rotatable bonds is 4. The van der Waals surface area contributed by atoms with Gasteiger partial charge in [-0.3, -0.25) is 4.99 Å². The standard InChI is InChI=1S/C22H34N4O.HI/c1-3-26-13-10-17(16-26)15-24-21(23-2)25-19-14-22(11-6-7-12-22)27-20-9-5-4-8-18(19)20;/h4-5,8-9,17,19H,3,6-7,10-16H2,1-2H3,(H2,23,24,25);1H. The molecule has 1 saturated heterocycles. The molecule has 2 N–H and O–H groups in total. The van der Waals surface area contributed by atoms with Crippen LogP contribution in [0.5, 0.6) is 5.75 Å². The largest absolute Gasteiger partial charge is 0.487 e. The first kappa shape index (κ1) is 21.7. The smallest absolute Gasteiger partial charge is 0.191 e. The number of para-hydroxylation sites is 1. The zero-order valence-corrected chi connectivity index (χ0v) is 19.6. The lowest BCUT2D eigenvalue weighted by atomic mass is 9.86. The van der Waals surface area contributed by atoms with Crippen molar-refractivity contribution in [2.75, 3.05) is 33.2 Å². The lowest BCUT2D eigenvalue weighted by Gasteiger charge is -2.40. The summed E-state index contributed by atoms with van der Waals surface area (Å²) in [5.74, 6) is 2.68. The number of hydrogen-bond donors (Lipinski definition) is 2. The minimum Gasteiger partial charge on any atom is -0.487 e. The number of ether oxygens (including phenoxy) is 1. The van der Waals surface area contributed by atoms with Crippen molar-refractivity contribution >= 4 is 29.9 Å². The lowest BCUT2D eigenvalue weighted by molar-refractivity contribution is 0.0396. The summed E-state index contributed by atoms with van der Waals surface area (Å²) in [7, 11) is 1.87. The zero-order valence-electron chi connectivity index (χ0n) is 17.2. The van der Waals surface area contributed by atoms with Gasteiger partial charge in [0, 0.05) is 32.1 Å². The number of nitrogens with one attached hydrogen (secondary N) is 2. The van der Waals surface area contributed by atoms with Crippen molar-refractivity contribution in [3.63, 3.8) is 0 Å². The van der Waals surface area contributed by atoms with Crippen LogP contribution < -0.4 is 15.4 Å². The Morgan fingerprint density at radius 2 is 2.07 bits per heavy atom.